The molecule has 0 spiro atoms. The molecule has 0 radical (unpaired) electrons. The van der Waals surface area contributed by atoms with E-state index in [9.17, 15) is 0 Å². The van der Waals surface area contributed by atoms with Gasteiger partial charge in [-0.3, -0.25) is 4.98 Å². The van der Waals surface area contributed by atoms with Crippen LogP contribution >= 0.6 is 23.4 Å². The number of benzene rings is 1. The van der Waals surface area contributed by atoms with E-state index in [0.29, 0.717) is 0 Å². The molecular weight excluding hydrogens is 328 g/mol. The maximum atomic E-state index is 6.04. The van der Waals surface area contributed by atoms with E-state index in [0.717, 1.165) is 40.3 Å². The summed E-state index contributed by atoms with van der Waals surface area (Å²) in [6, 6.07) is 11.8. The Morgan fingerprint density at radius 3 is 2.70 bits per heavy atom. The first-order valence-electron chi connectivity index (χ1n) is 7.48. The molecule has 1 aromatic carbocycles. The van der Waals surface area contributed by atoms with Crippen LogP contribution in [0.25, 0.3) is 11.4 Å². The molecule has 2 heterocycles. The number of pyridine rings is 1. The lowest BCUT2D eigenvalue weighted by atomic mass is 10.2. The van der Waals surface area contributed by atoms with Crippen molar-refractivity contribution in [2.24, 2.45) is 0 Å². The summed E-state index contributed by atoms with van der Waals surface area (Å²) in [4.78, 5) is 4.06. The van der Waals surface area contributed by atoms with E-state index in [-0.39, 0.29) is 0 Å². The highest BCUT2D eigenvalue weighted by molar-refractivity contribution is 7.98. The van der Waals surface area contributed by atoms with Crippen LogP contribution in [0, 0.1) is 0 Å². The van der Waals surface area contributed by atoms with Crippen LogP contribution in [0.2, 0.25) is 5.02 Å². The van der Waals surface area contributed by atoms with Crippen LogP contribution in [0.5, 0.6) is 0 Å². The van der Waals surface area contributed by atoms with Gasteiger partial charge in [-0.25, -0.2) is 0 Å². The van der Waals surface area contributed by atoms with Crippen molar-refractivity contribution < 1.29 is 0 Å². The van der Waals surface area contributed by atoms with E-state index in [1.807, 2.05) is 30.3 Å². The number of halogens is 1. The van der Waals surface area contributed by atoms with Crippen LogP contribution < -0.4 is 0 Å². The second-order valence-electron chi connectivity index (χ2n) is 5.11. The third kappa shape index (κ3) is 3.92. The fourth-order valence-corrected chi connectivity index (χ4v) is 3.43. The molecule has 4 nitrogen and oxygen atoms in total. The SMILES string of the molecule is CCCn1c(SCc2cccc(Cl)c2)nnc1-c1ccncc1. The molecule has 23 heavy (non-hydrogen) atoms. The number of nitrogens with zero attached hydrogens (tertiary/aromatic N) is 4. The van der Waals surface area contributed by atoms with Gasteiger partial charge in [0.1, 0.15) is 0 Å². The Balaban J connectivity index is 1.83. The Kier molecular flexibility index (Phi) is 5.31. The standard InChI is InChI=1S/C17H17ClN4S/c1-2-10-22-16(14-6-8-19-9-7-14)20-21-17(22)23-12-13-4-3-5-15(18)11-13/h3-9,11H,2,10,12H2,1H3. The Bertz CT molecular complexity index is 773. The monoisotopic (exact) mass is 344 g/mol. The Morgan fingerprint density at radius 2 is 1.96 bits per heavy atom. The molecule has 0 aliphatic heterocycles. The van der Waals surface area contributed by atoms with Gasteiger partial charge in [0.25, 0.3) is 0 Å². The summed E-state index contributed by atoms with van der Waals surface area (Å²) in [5.41, 5.74) is 2.22. The molecule has 3 aromatic rings. The smallest absolute Gasteiger partial charge is 0.191 e. The van der Waals surface area contributed by atoms with Crippen molar-refractivity contribution in [1.82, 2.24) is 19.7 Å². The van der Waals surface area contributed by atoms with Crippen LogP contribution in [0.4, 0.5) is 0 Å². The van der Waals surface area contributed by atoms with Crippen LogP contribution in [0.1, 0.15) is 18.9 Å². The first-order valence-corrected chi connectivity index (χ1v) is 8.85. The molecule has 0 aliphatic carbocycles. The molecular formula is C17H17ClN4S. The zero-order valence-electron chi connectivity index (χ0n) is 12.8. The molecule has 0 amide bonds. The number of hydrogen-bond donors (Lipinski definition) is 0. The van der Waals surface area contributed by atoms with E-state index >= 15 is 0 Å². The van der Waals surface area contributed by atoms with Crippen molar-refractivity contribution in [2.75, 3.05) is 0 Å². The third-order valence-electron chi connectivity index (χ3n) is 3.36. The minimum atomic E-state index is 0.760. The summed E-state index contributed by atoms with van der Waals surface area (Å²) in [7, 11) is 0. The summed E-state index contributed by atoms with van der Waals surface area (Å²) in [6.07, 6.45) is 4.58. The lowest BCUT2D eigenvalue weighted by Gasteiger charge is -2.09. The Morgan fingerprint density at radius 1 is 1.13 bits per heavy atom. The van der Waals surface area contributed by atoms with Crippen molar-refractivity contribution >= 4 is 23.4 Å². The van der Waals surface area contributed by atoms with Gasteiger partial charge in [-0.05, 0) is 36.2 Å². The van der Waals surface area contributed by atoms with Gasteiger partial charge in [-0.15, -0.1) is 10.2 Å². The first kappa shape index (κ1) is 16.0. The van der Waals surface area contributed by atoms with Crippen LogP contribution in [0.3, 0.4) is 0 Å². The highest BCUT2D eigenvalue weighted by Crippen LogP contribution is 2.27. The van der Waals surface area contributed by atoms with Crippen molar-refractivity contribution in [3.63, 3.8) is 0 Å². The molecule has 0 aliphatic rings. The van der Waals surface area contributed by atoms with E-state index in [4.69, 9.17) is 11.6 Å². The van der Waals surface area contributed by atoms with E-state index in [1.165, 1.54) is 5.56 Å². The van der Waals surface area contributed by atoms with Crippen molar-refractivity contribution in [3.05, 3.63) is 59.4 Å². The van der Waals surface area contributed by atoms with E-state index in [2.05, 4.69) is 32.7 Å². The molecule has 6 heteroatoms. The summed E-state index contributed by atoms with van der Waals surface area (Å²) in [5, 5.41) is 10.4. The van der Waals surface area contributed by atoms with E-state index in [1.54, 1.807) is 24.2 Å². The van der Waals surface area contributed by atoms with Crippen molar-refractivity contribution in [3.8, 4) is 11.4 Å². The maximum Gasteiger partial charge on any atom is 0.191 e. The topological polar surface area (TPSA) is 43.6 Å². The minimum absolute atomic E-state index is 0.760. The quantitative estimate of drug-likeness (QED) is 0.608. The van der Waals surface area contributed by atoms with Crippen molar-refractivity contribution in [2.45, 2.75) is 30.8 Å². The first-order chi connectivity index (χ1) is 11.3. The predicted octanol–water partition coefficient (Wildman–Crippen LogP) is 4.70. The molecule has 0 bridgehead atoms. The second kappa shape index (κ2) is 7.62. The van der Waals surface area contributed by atoms with Gasteiger partial charge in [0, 0.05) is 35.3 Å². The summed E-state index contributed by atoms with van der Waals surface area (Å²) >= 11 is 7.72. The second-order valence-corrected chi connectivity index (χ2v) is 6.49. The fraction of sp³-hybridized carbons (Fsp3) is 0.235. The molecule has 3 rings (SSSR count). The molecule has 0 saturated carbocycles. The van der Waals surface area contributed by atoms with Gasteiger partial charge in [0.2, 0.25) is 0 Å². The average molecular weight is 345 g/mol. The van der Waals surface area contributed by atoms with Gasteiger partial charge < -0.3 is 4.57 Å². The molecule has 2 aromatic heterocycles. The lowest BCUT2D eigenvalue weighted by Crippen LogP contribution is -2.02. The summed E-state index contributed by atoms with van der Waals surface area (Å²) in [5.74, 6) is 1.71. The molecule has 0 unspecified atom stereocenters. The molecule has 0 N–H and O–H groups in total. The molecule has 0 fully saturated rings. The Labute approximate surface area is 144 Å². The van der Waals surface area contributed by atoms with Crippen LogP contribution in [0.15, 0.2) is 53.9 Å². The minimum Gasteiger partial charge on any atom is -0.302 e. The zero-order chi connectivity index (χ0) is 16.1. The van der Waals surface area contributed by atoms with Crippen LogP contribution in [-0.2, 0) is 12.3 Å². The zero-order valence-corrected chi connectivity index (χ0v) is 14.4. The van der Waals surface area contributed by atoms with Gasteiger partial charge in [-0.2, -0.15) is 0 Å². The Hall–Kier alpha value is -1.85. The number of hydrogen-bond acceptors (Lipinski definition) is 4. The van der Waals surface area contributed by atoms with Crippen molar-refractivity contribution in [1.29, 1.82) is 0 Å². The maximum absolute atomic E-state index is 6.04. The molecule has 0 atom stereocenters. The van der Waals surface area contributed by atoms with Gasteiger partial charge in [0.05, 0.1) is 0 Å². The highest BCUT2D eigenvalue weighted by atomic mass is 35.5. The molecule has 118 valence electrons. The lowest BCUT2D eigenvalue weighted by molar-refractivity contribution is 0.626. The average Bonchev–Trinajstić information content (AvgIpc) is 2.97. The number of thioether (sulfide) groups is 1. The highest BCUT2D eigenvalue weighted by Gasteiger charge is 2.13. The van der Waals surface area contributed by atoms with Gasteiger partial charge in [0.15, 0.2) is 11.0 Å². The third-order valence-corrected chi connectivity index (χ3v) is 4.63. The number of aromatic nitrogens is 4. The molecule has 0 saturated heterocycles. The number of rotatable bonds is 6. The summed E-state index contributed by atoms with van der Waals surface area (Å²) in [6.45, 7) is 3.05. The van der Waals surface area contributed by atoms with Gasteiger partial charge >= 0.3 is 0 Å². The summed E-state index contributed by atoms with van der Waals surface area (Å²) < 4.78 is 2.17. The normalized spacial score (nSPS) is 10.9. The fourth-order valence-electron chi connectivity index (χ4n) is 2.31. The van der Waals surface area contributed by atoms with Crippen LogP contribution in [-0.4, -0.2) is 19.7 Å². The largest absolute Gasteiger partial charge is 0.302 e. The van der Waals surface area contributed by atoms with E-state index < -0.39 is 0 Å². The predicted molar refractivity (Wildman–Crippen MR) is 94.6 cm³/mol. The van der Waals surface area contributed by atoms with Gasteiger partial charge in [-0.1, -0.05) is 42.4 Å².